The van der Waals surface area contributed by atoms with Crippen LogP contribution in [-0.2, 0) is 10.0 Å². The molecule has 198 valence electrons. The second-order valence-electron chi connectivity index (χ2n) is 10.4. The van der Waals surface area contributed by atoms with E-state index in [0.29, 0.717) is 24.6 Å². The Kier molecular flexibility index (Phi) is 8.23. The van der Waals surface area contributed by atoms with Gasteiger partial charge in [-0.3, -0.25) is 4.90 Å². The van der Waals surface area contributed by atoms with E-state index in [4.69, 9.17) is 10.2 Å². The second-order valence-corrected chi connectivity index (χ2v) is 12.4. The highest BCUT2D eigenvalue weighted by atomic mass is 32.2. The normalized spacial score (nSPS) is 24.2. The minimum absolute atomic E-state index is 0.191. The van der Waals surface area contributed by atoms with Gasteiger partial charge in [-0.15, -0.1) is 0 Å². The monoisotopic (exact) mass is 523 g/mol. The highest BCUT2D eigenvalue weighted by Crippen LogP contribution is 2.26. The van der Waals surface area contributed by atoms with Crippen LogP contribution in [0.3, 0.4) is 0 Å². The van der Waals surface area contributed by atoms with E-state index in [1.165, 1.54) is 37.8 Å². The number of sulfonamides is 1. The molecule has 0 saturated carbocycles. The summed E-state index contributed by atoms with van der Waals surface area (Å²) in [6.07, 6.45) is 10.8. The molecule has 9 nitrogen and oxygen atoms in total. The molecule has 3 aliphatic rings. The van der Waals surface area contributed by atoms with Crippen LogP contribution >= 0.6 is 0 Å². The summed E-state index contributed by atoms with van der Waals surface area (Å²) in [5.74, 6) is 1.69. The van der Waals surface area contributed by atoms with Gasteiger partial charge in [0.2, 0.25) is 16.0 Å². The zero-order valence-electron chi connectivity index (χ0n) is 21.4. The van der Waals surface area contributed by atoms with Crippen molar-refractivity contribution in [3.8, 4) is 6.07 Å². The van der Waals surface area contributed by atoms with Crippen LogP contribution in [0.2, 0.25) is 0 Å². The van der Waals surface area contributed by atoms with Crippen molar-refractivity contribution in [1.82, 2.24) is 19.2 Å². The van der Waals surface area contributed by atoms with Gasteiger partial charge in [0.15, 0.2) is 0 Å². The van der Waals surface area contributed by atoms with Gasteiger partial charge in [-0.25, -0.2) is 13.4 Å². The molecule has 10 heteroatoms. The fourth-order valence-corrected chi connectivity index (χ4v) is 7.34. The van der Waals surface area contributed by atoms with Crippen molar-refractivity contribution in [2.24, 2.45) is 0 Å². The van der Waals surface area contributed by atoms with Gasteiger partial charge < -0.3 is 10.2 Å². The molecule has 0 bridgehead atoms. The second kappa shape index (κ2) is 11.8. The Hall–Kier alpha value is -2.74. The Bertz CT molecular complexity index is 1190. The lowest BCUT2D eigenvalue weighted by molar-refractivity contribution is 0.108. The Balaban J connectivity index is 1.21. The largest absolute Gasteiger partial charge is 0.356 e. The molecule has 0 aliphatic carbocycles. The van der Waals surface area contributed by atoms with Crippen molar-refractivity contribution in [2.45, 2.75) is 68.3 Å². The van der Waals surface area contributed by atoms with Crippen LogP contribution in [0, 0.1) is 11.3 Å². The van der Waals surface area contributed by atoms with Gasteiger partial charge in [-0.1, -0.05) is 12.8 Å². The average molecular weight is 524 g/mol. The summed E-state index contributed by atoms with van der Waals surface area (Å²) in [4.78, 5) is 14.4. The number of piperidine rings is 2. The summed E-state index contributed by atoms with van der Waals surface area (Å²) in [6.45, 7) is 4.96. The van der Waals surface area contributed by atoms with E-state index in [-0.39, 0.29) is 17.0 Å². The molecule has 2 unspecified atom stereocenters. The molecule has 3 aliphatic heterocycles. The van der Waals surface area contributed by atoms with E-state index in [0.717, 1.165) is 57.7 Å². The lowest BCUT2D eigenvalue weighted by atomic mass is 9.99. The Morgan fingerprint density at radius 2 is 1.65 bits per heavy atom. The Morgan fingerprint density at radius 3 is 2.41 bits per heavy atom. The van der Waals surface area contributed by atoms with E-state index in [9.17, 15) is 8.42 Å². The number of nitrogens with one attached hydrogen (secondary N) is 1. The molecule has 3 saturated heterocycles. The van der Waals surface area contributed by atoms with Crippen LogP contribution in [0.5, 0.6) is 0 Å². The number of rotatable bonds is 6. The fourth-order valence-electron chi connectivity index (χ4n) is 5.82. The molecule has 0 spiro atoms. The number of hydrogen-bond acceptors (Lipinski definition) is 8. The van der Waals surface area contributed by atoms with Gasteiger partial charge in [0, 0.05) is 51.0 Å². The fraction of sp³-hybridized carbons (Fsp3) is 0.593. The summed E-state index contributed by atoms with van der Waals surface area (Å²) in [7, 11) is -3.58. The maximum atomic E-state index is 13.3. The molecule has 1 N–H and O–H groups in total. The molecule has 37 heavy (non-hydrogen) atoms. The van der Waals surface area contributed by atoms with Crippen molar-refractivity contribution in [3.05, 3.63) is 42.1 Å². The first-order valence-electron chi connectivity index (χ1n) is 13.6. The maximum Gasteiger partial charge on any atom is 0.243 e. The first-order valence-corrected chi connectivity index (χ1v) is 15.1. The van der Waals surface area contributed by atoms with Gasteiger partial charge in [0.05, 0.1) is 16.5 Å². The Morgan fingerprint density at radius 1 is 0.892 bits per heavy atom. The quantitative estimate of drug-likeness (QED) is 0.614. The van der Waals surface area contributed by atoms with E-state index in [2.05, 4.69) is 20.1 Å². The molecule has 2 aromatic rings. The van der Waals surface area contributed by atoms with Crippen LogP contribution in [0.15, 0.2) is 41.4 Å². The summed E-state index contributed by atoms with van der Waals surface area (Å²) in [5, 5.41) is 12.6. The third-order valence-corrected chi connectivity index (χ3v) is 9.73. The van der Waals surface area contributed by atoms with E-state index >= 15 is 0 Å². The van der Waals surface area contributed by atoms with Crippen LogP contribution in [0.25, 0.3) is 0 Å². The third kappa shape index (κ3) is 6.22. The van der Waals surface area contributed by atoms with Gasteiger partial charge in [0.25, 0.3) is 0 Å². The van der Waals surface area contributed by atoms with Crippen molar-refractivity contribution in [3.63, 3.8) is 0 Å². The van der Waals surface area contributed by atoms with Gasteiger partial charge in [-0.05, 0) is 75.4 Å². The molecular formula is C27H37N7O2S. The van der Waals surface area contributed by atoms with Crippen molar-refractivity contribution in [1.29, 1.82) is 5.26 Å². The minimum atomic E-state index is -3.58. The third-order valence-electron chi connectivity index (χ3n) is 7.85. The number of aromatic nitrogens is 2. The zero-order chi connectivity index (χ0) is 25.7. The summed E-state index contributed by atoms with van der Waals surface area (Å²) in [6, 6.07) is 10.7. The highest BCUT2D eigenvalue weighted by Gasteiger charge is 2.34. The first kappa shape index (κ1) is 25.9. The van der Waals surface area contributed by atoms with E-state index in [1.54, 1.807) is 16.4 Å². The smallest absolute Gasteiger partial charge is 0.243 e. The number of nitrogens with zero attached hydrogens (tertiary/aromatic N) is 6. The molecule has 0 radical (unpaired) electrons. The molecule has 4 heterocycles. The van der Waals surface area contributed by atoms with Gasteiger partial charge in [0.1, 0.15) is 5.82 Å². The van der Waals surface area contributed by atoms with Crippen LogP contribution in [-0.4, -0.2) is 78.9 Å². The molecule has 2 atom stereocenters. The number of benzene rings is 1. The number of hydrogen-bond donors (Lipinski definition) is 1. The summed E-state index contributed by atoms with van der Waals surface area (Å²) < 4.78 is 28.2. The zero-order valence-corrected chi connectivity index (χ0v) is 22.2. The average Bonchev–Trinajstić information content (AvgIpc) is 3.23. The molecule has 0 amide bonds. The van der Waals surface area contributed by atoms with Crippen molar-refractivity contribution >= 4 is 21.8 Å². The van der Waals surface area contributed by atoms with E-state index in [1.807, 2.05) is 18.3 Å². The predicted octanol–water partition coefficient (Wildman–Crippen LogP) is 3.46. The molecular weight excluding hydrogens is 486 g/mol. The predicted molar refractivity (Wildman–Crippen MR) is 144 cm³/mol. The number of nitriles is 1. The van der Waals surface area contributed by atoms with Crippen LogP contribution in [0.4, 0.5) is 11.8 Å². The van der Waals surface area contributed by atoms with Crippen molar-refractivity contribution in [2.75, 3.05) is 49.5 Å². The number of likely N-dealkylation sites (tertiary alicyclic amines) is 1. The van der Waals surface area contributed by atoms with Gasteiger partial charge >= 0.3 is 0 Å². The molecule has 3 fully saturated rings. The van der Waals surface area contributed by atoms with Gasteiger partial charge in [-0.2, -0.15) is 14.6 Å². The highest BCUT2D eigenvalue weighted by molar-refractivity contribution is 7.89. The lowest BCUT2D eigenvalue weighted by Gasteiger charge is -2.42. The lowest BCUT2D eigenvalue weighted by Crippen LogP contribution is -2.54. The maximum absolute atomic E-state index is 13.3. The number of anilines is 2. The molecule has 1 aromatic heterocycles. The van der Waals surface area contributed by atoms with Crippen molar-refractivity contribution < 1.29 is 8.42 Å². The first-order chi connectivity index (χ1) is 18.0. The molecule has 5 rings (SSSR count). The minimum Gasteiger partial charge on any atom is -0.356 e. The molecule has 1 aromatic carbocycles. The topological polar surface area (TPSA) is 105 Å². The SMILES string of the molecule is N#Cc1ccc(S(=O)(=O)N2CCCC(N3CCCC(Nc4nccc(N5CCCCCC5)n4)C3)C2)cc1. The van der Waals surface area contributed by atoms with Crippen LogP contribution in [0.1, 0.15) is 56.9 Å². The Labute approximate surface area is 220 Å². The van der Waals surface area contributed by atoms with E-state index < -0.39 is 10.0 Å². The summed E-state index contributed by atoms with van der Waals surface area (Å²) >= 11 is 0. The van der Waals surface area contributed by atoms with Crippen LogP contribution < -0.4 is 10.2 Å². The standard InChI is InChI=1S/C27H37N7O2S/c28-19-22-9-11-25(12-10-22)37(35,36)34-18-6-8-24(21-34)33-17-5-7-23(20-33)30-27-29-14-13-26(31-27)32-15-3-1-2-4-16-32/h9-14,23-24H,1-8,15-18,20-21H2,(H,29,30,31). The summed E-state index contributed by atoms with van der Waals surface area (Å²) in [5.41, 5.74) is 0.461.